The summed E-state index contributed by atoms with van der Waals surface area (Å²) >= 11 is 0. The molecular formula is C27H27N3O5. The molecule has 8 nitrogen and oxygen atoms in total. The standard InChI is InChI=1S/C27H27N3O5/c1-17-7-18-9-19(12-29-21(18)8-17)35-23-3-5-28-22-11-25(24(32-2)10-20(22)23)34-6-4-26(31)30-13-27(14-30)15-33-16-27/h3,5,7,9-12H,4,6,8,13-16H2,1-2H3. The number of hydrogen-bond acceptors (Lipinski definition) is 7. The van der Waals surface area contributed by atoms with E-state index in [9.17, 15) is 4.79 Å². The van der Waals surface area contributed by atoms with Crippen LogP contribution in [0.2, 0.25) is 0 Å². The maximum Gasteiger partial charge on any atom is 0.226 e. The van der Waals surface area contributed by atoms with Crippen molar-refractivity contribution in [3.63, 3.8) is 0 Å². The molecule has 0 saturated carbocycles. The number of allylic oxidation sites excluding steroid dienone is 1. The quantitative estimate of drug-likeness (QED) is 0.513. The third-order valence-corrected chi connectivity index (χ3v) is 6.84. The minimum absolute atomic E-state index is 0.101. The van der Waals surface area contributed by atoms with Gasteiger partial charge in [-0.2, -0.15) is 0 Å². The number of rotatable bonds is 7. The molecule has 0 radical (unpaired) electrons. The van der Waals surface area contributed by atoms with E-state index in [2.05, 4.69) is 23.0 Å². The molecule has 3 aliphatic rings. The van der Waals surface area contributed by atoms with Crippen LogP contribution in [0.3, 0.4) is 0 Å². The normalized spacial score (nSPS) is 17.4. The van der Waals surface area contributed by atoms with Crippen LogP contribution >= 0.6 is 0 Å². The number of nitrogens with zero attached hydrogens (tertiary/aromatic N) is 3. The minimum atomic E-state index is 0.101. The second-order valence-electron chi connectivity index (χ2n) is 9.65. The van der Waals surface area contributed by atoms with Crippen molar-refractivity contribution in [1.82, 2.24) is 14.9 Å². The maximum atomic E-state index is 12.5. The van der Waals surface area contributed by atoms with Crippen molar-refractivity contribution in [2.24, 2.45) is 5.41 Å². The van der Waals surface area contributed by atoms with E-state index in [1.165, 1.54) is 5.57 Å². The zero-order valence-corrected chi connectivity index (χ0v) is 19.9. The summed E-state index contributed by atoms with van der Waals surface area (Å²) < 4.78 is 23.0. The fraction of sp³-hybridized carbons (Fsp3) is 0.370. The molecule has 1 aromatic carbocycles. The van der Waals surface area contributed by atoms with Gasteiger partial charge in [0.2, 0.25) is 5.91 Å². The number of amides is 1. The number of carbonyl (C=O) groups excluding carboxylic acids is 1. The Morgan fingerprint density at radius 3 is 2.77 bits per heavy atom. The second kappa shape index (κ2) is 8.53. The minimum Gasteiger partial charge on any atom is -0.493 e. The fourth-order valence-corrected chi connectivity index (χ4v) is 4.94. The Morgan fingerprint density at radius 2 is 2.00 bits per heavy atom. The van der Waals surface area contributed by atoms with Gasteiger partial charge in [0.25, 0.3) is 0 Å². The predicted molar refractivity (Wildman–Crippen MR) is 130 cm³/mol. The summed E-state index contributed by atoms with van der Waals surface area (Å²) in [5.41, 5.74) is 4.39. The molecule has 8 heteroatoms. The number of fused-ring (bicyclic) bond motifs is 2. The van der Waals surface area contributed by atoms with Crippen LogP contribution in [-0.4, -0.2) is 60.8 Å². The number of likely N-dealkylation sites (tertiary alicyclic amines) is 1. The SMILES string of the molecule is COc1cc2c(Oc3cnc4c(c3)C=C(C)C4)ccnc2cc1OCCC(=O)N1CC2(COC2)C1. The van der Waals surface area contributed by atoms with Gasteiger partial charge < -0.3 is 23.8 Å². The lowest BCUT2D eigenvalue weighted by atomic mass is 9.78. The van der Waals surface area contributed by atoms with E-state index in [1.54, 1.807) is 19.5 Å². The number of carbonyl (C=O) groups is 1. The molecule has 0 unspecified atom stereocenters. The molecular weight excluding hydrogens is 446 g/mol. The summed E-state index contributed by atoms with van der Waals surface area (Å²) in [7, 11) is 1.59. The highest BCUT2D eigenvalue weighted by Gasteiger charge is 2.50. The Balaban J connectivity index is 1.16. The highest BCUT2D eigenvalue weighted by atomic mass is 16.5. The van der Waals surface area contributed by atoms with Crippen LogP contribution < -0.4 is 14.2 Å². The number of ether oxygens (including phenoxy) is 4. The molecule has 1 spiro atoms. The molecule has 180 valence electrons. The topological polar surface area (TPSA) is 83.0 Å². The van der Waals surface area contributed by atoms with Gasteiger partial charge in [-0.05, 0) is 30.7 Å². The van der Waals surface area contributed by atoms with Crippen molar-refractivity contribution in [2.45, 2.75) is 19.8 Å². The number of pyridine rings is 2. The zero-order valence-electron chi connectivity index (χ0n) is 19.9. The summed E-state index contributed by atoms with van der Waals surface area (Å²) in [5.74, 6) is 2.53. The first-order chi connectivity index (χ1) is 17.0. The van der Waals surface area contributed by atoms with Gasteiger partial charge in [0.15, 0.2) is 11.5 Å². The molecule has 2 aromatic heterocycles. The van der Waals surface area contributed by atoms with E-state index < -0.39 is 0 Å². The van der Waals surface area contributed by atoms with Crippen LogP contribution in [0.1, 0.15) is 24.6 Å². The largest absolute Gasteiger partial charge is 0.493 e. The monoisotopic (exact) mass is 473 g/mol. The van der Waals surface area contributed by atoms with E-state index in [1.807, 2.05) is 29.2 Å². The average Bonchev–Trinajstić information content (AvgIpc) is 3.16. The molecule has 3 aromatic rings. The molecule has 2 fully saturated rings. The summed E-state index contributed by atoms with van der Waals surface area (Å²) in [6.07, 6.45) is 6.79. The molecule has 1 amide bonds. The van der Waals surface area contributed by atoms with E-state index in [0.29, 0.717) is 34.9 Å². The molecule has 1 aliphatic carbocycles. The van der Waals surface area contributed by atoms with Gasteiger partial charge in [-0.25, -0.2) is 0 Å². The number of hydrogen-bond donors (Lipinski definition) is 0. The van der Waals surface area contributed by atoms with Crippen molar-refractivity contribution in [3.05, 3.63) is 53.5 Å². The Hall–Kier alpha value is -3.65. The summed E-state index contributed by atoms with van der Waals surface area (Å²) in [4.78, 5) is 23.4. The van der Waals surface area contributed by atoms with Gasteiger partial charge in [-0.15, -0.1) is 0 Å². The van der Waals surface area contributed by atoms with Crippen LogP contribution in [0, 0.1) is 5.41 Å². The lowest BCUT2D eigenvalue weighted by Crippen LogP contribution is -2.67. The van der Waals surface area contributed by atoms with E-state index in [0.717, 1.165) is 49.4 Å². The van der Waals surface area contributed by atoms with Crippen molar-refractivity contribution >= 4 is 22.9 Å². The average molecular weight is 474 g/mol. The van der Waals surface area contributed by atoms with Crippen LogP contribution in [0.4, 0.5) is 0 Å². The highest BCUT2D eigenvalue weighted by molar-refractivity contribution is 5.88. The van der Waals surface area contributed by atoms with Crippen LogP contribution in [0.5, 0.6) is 23.0 Å². The number of benzene rings is 1. The van der Waals surface area contributed by atoms with Crippen molar-refractivity contribution < 1.29 is 23.7 Å². The highest BCUT2D eigenvalue weighted by Crippen LogP contribution is 2.39. The second-order valence-corrected chi connectivity index (χ2v) is 9.65. The smallest absolute Gasteiger partial charge is 0.226 e. The molecule has 0 bridgehead atoms. The Morgan fingerprint density at radius 1 is 1.14 bits per heavy atom. The Bertz CT molecular complexity index is 1340. The first-order valence-corrected chi connectivity index (χ1v) is 11.8. The summed E-state index contributed by atoms with van der Waals surface area (Å²) in [6, 6.07) is 7.51. The number of methoxy groups -OCH3 is 1. The van der Waals surface area contributed by atoms with Gasteiger partial charge in [0.1, 0.15) is 11.5 Å². The maximum absolute atomic E-state index is 12.5. The predicted octanol–water partition coefficient (Wildman–Crippen LogP) is 4.02. The molecule has 6 rings (SSSR count). The summed E-state index contributed by atoms with van der Waals surface area (Å²) in [6.45, 7) is 5.47. The van der Waals surface area contributed by atoms with Crippen LogP contribution in [-0.2, 0) is 16.0 Å². The van der Waals surface area contributed by atoms with Gasteiger partial charge in [-0.1, -0.05) is 11.6 Å². The Labute approximate surface area is 203 Å². The van der Waals surface area contributed by atoms with E-state index >= 15 is 0 Å². The van der Waals surface area contributed by atoms with Gasteiger partial charge in [-0.3, -0.25) is 14.8 Å². The van der Waals surface area contributed by atoms with Crippen LogP contribution in [0.25, 0.3) is 17.0 Å². The molecule has 2 saturated heterocycles. The van der Waals surface area contributed by atoms with Gasteiger partial charge >= 0.3 is 0 Å². The fourth-order valence-electron chi connectivity index (χ4n) is 4.94. The summed E-state index contributed by atoms with van der Waals surface area (Å²) in [5, 5.41) is 0.800. The third-order valence-electron chi connectivity index (χ3n) is 6.84. The molecule has 2 aliphatic heterocycles. The van der Waals surface area contributed by atoms with E-state index in [4.69, 9.17) is 18.9 Å². The van der Waals surface area contributed by atoms with Crippen LogP contribution in [0.15, 0.2) is 42.2 Å². The first kappa shape index (κ1) is 21.9. The molecule has 35 heavy (non-hydrogen) atoms. The molecule has 0 atom stereocenters. The lowest BCUT2D eigenvalue weighted by Gasteiger charge is -2.55. The number of aromatic nitrogens is 2. The molecule has 4 heterocycles. The van der Waals surface area contributed by atoms with Gasteiger partial charge in [0, 0.05) is 37.2 Å². The van der Waals surface area contributed by atoms with Crippen molar-refractivity contribution in [1.29, 1.82) is 0 Å². The first-order valence-electron chi connectivity index (χ1n) is 11.8. The molecule has 0 N–H and O–H groups in total. The third kappa shape index (κ3) is 4.08. The van der Waals surface area contributed by atoms with Gasteiger partial charge in [0.05, 0.1) is 56.2 Å². The Kier molecular flexibility index (Phi) is 5.33. The zero-order chi connectivity index (χ0) is 24.0. The van der Waals surface area contributed by atoms with E-state index in [-0.39, 0.29) is 17.9 Å². The lowest BCUT2D eigenvalue weighted by molar-refractivity contribution is -0.195. The van der Waals surface area contributed by atoms with Crippen molar-refractivity contribution in [3.8, 4) is 23.0 Å². The van der Waals surface area contributed by atoms with Crippen molar-refractivity contribution in [2.75, 3.05) is 40.0 Å².